The molecule has 17 heavy (non-hydrogen) atoms. The second-order valence-corrected chi connectivity index (χ2v) is 4.48. The van der Waals surface area contributed by atoms with Crippen LogP contribution in [-0.4, -0.2) is 35.6 Å². The summed E-state index contributed by atoms with van der Waals surface area (Å²) >= 11 is 0. The number of nitrogen functional groups attached to an aromatic ring is 1. The lowest BCUT2D eigenvalue weighted by atomic mass is 10.3. The molecule has 0 bridgehead atoms. The Balaban J connectivity index is 2.00. The van der Waals surface area contributed by atoms with Crippen molar-refractivity contribution in [3.05, 3.63) is 0 Å². The molecule has 1 aliphatic carbocycles. The predicted molar refractivity (Wildman–Crippen MR) is 67.8 cm³/mol. The maximum Gasteiger partial charge on any atom is 0.243 e. The van der Waals surface area contributed by atoms with E-state index in [2.05, 4.69) is 25.7 Å². The molecule has 1 aromatic heterocycles. The Morgan fingerprint density at radius 1 is 1.24 bits per heavy atom. The second-order valence-electron chi connectivity index (χ2n) is 4.48. The highest BCUT2D eigenvalue weighted by atomic mass is 15.4. The molecule has 1 heterocycles. The first-order chi connectivity index (χ1) is 8.19. The molecule has 0 aliphatic heterocycles. The molecule has 1 saturated carbocycles. The fourth-order valence-electron chi connectivity index (χ4n) is 1.50. The number of hydrogen-bond donors (Lipinski definition) is 3. The number of aromatic nitrogens is 3. The van der Waals surface area contributed by atoms with Crippen LogP contribution < -0.4 is 21.5 Å². The van der Waals surface area contributed by atoms with Gasteiger partial charge in [-0.15, -0.1) is 0 Å². The minimum absolute atomic E-state index is 0.373. The zero-order chi connectivity index (χ0) is 12.3. The average Bonchev–Trinajstić information content (AvgIpc) is 3.12. The number of nitrogens with zero attached hydrogens (tertiary/aromatic N) is 4. The van der Waals surface area contributed by atoms with Gasteiger partial charge in [-0.25, -0.2) is 5.84 Å². The van der Waals surface area contributed by atoms with E-state index in [1.165, 1.54) is 19.3 Å². The van der Waals surface area contributed by atoms with Crippen LogP contribution >= 0.6 is 0 Å². The molecule has 0 atom stereocenters. The van der Waals surface area contributed by atoms with Gasteiger partial charge >= 0.3 is 0 Å². The fourth-order valence-corrected chi connectivity index (χ4v) is 1.50. The number of nitrogens with two attached hydrogens (primary N) is 1. The van der Waals surface area contributed by atoms with Gasteiger partial charge < -0.3 is 10.2 Å². The lowest BCUT2D eigenvalue weighted by Crippen LogP contribution is -2.19. The van der Waals surface area contributed by atoms with Crippen LogP contribution in [0.4, 0.5) is 17.8 Å². The normalized spacial score (nSPS) is 14.5. The third-order valence-corrected chi connectivity index (χ3v) is 2.69. The van der Waals surface area contributed by atoms with Crippen LogP contribution in [-0.2, 0) is 0 Å². The highest BCUT2D eigenvalue weighted by Gasteiger charge is 2.20. The Morgan fingerprint density at radius 3 is 2.53 bits per heavy atom. The molecule has 0 spiro atoms. The van der Waals surface area contributed by atoms with Crippen molar-refractivity contribution < 1.29 is 0 Å². The van der Waals surface area contributed by atoms with Gasteiger partial charge in [0.1, 0.15) is 0 Å². The van der Waals surface area contributed by atoms with Gasteiger partial charge in [0.25, 0.3) is 0 Å². The van der Waals surface area contributed by atoms with Gasteiger partial charge in [-0.2, -0.15) is 15.0 Å². The van der Waals surface area contributed by atoms with E-state index in [4.69, 9.17) is 5.84 Å². The van der Waals surface area contributed by atoms with Gasteiger partial charge in [-0.05, 0) is 12.3 Å². The lowest BCUT2D eigenvalue weighted by molar-refractivity contribution is 0.754. The zero-order valence-corrected chi connectivity index (χ0v) is 10.3. The summed E-state index contributed by atoms with van der Waals surface area (Å²) in [4.78, 5) is 14.4. The van der Waals surface area contributed by atoms with Crippen molar-refractivity contribution in [1.29, 1.82) is 0 Å². The summed E-state index contributed by atoms with van der Waals surface area (Å²) in [6, 6.07) is 0. The highest BCUT2D eigenvalue weighted by molar-refractivity contribution is 5.42. The van der Waals surface area contributed by atoms with E-state index < -0.39 is 0 Å². The number of nitrogens with one attached hydrogen (secondary N) is 2. The van der Waals surface area contributed by atoms with Crippen LogP contribution in [0.1, 0.15) is 19.3 Å². The molecule has 4 N–H and O–H groups in total. The van der Waals surface area contributed by atoms with Gasteiger partial charge in [-0.1, -0.05) is 12.8 Å². The van der Waals surface area contributed by atoms with Gasteiger partial charge in [0.05, 0.1) is 0 Å². The van der Waals surface area contributed by atoms with Crippen LogP contribution in [0.3, 0.4) is 0 Å². The summed E-state index contributed by atoms with van der Waals surface area (Å²) in [6.45, 7) is 0.894. The second kappa shape index (κ2) is 5.13. The van der Waals surface area contributed by atoms with Crippen molar-refractivity contribution in [3.63, 3.8) is 0 Å². The van der Waals surface area contributed by atoms with E-state index in [9.17, 15) is 0 Å². The first-order valence-electron chi connectivity index (χ1n) is 5.83. The molecule has 7 nitrogen and oxygen atoms in total. The maximum atomic E-state index is 5.33. The smallest absolute Gasteiger partial charge is 0.243 e. The molecule has 0 saturated heterocycles. The standard InChI is InChI=1S/C10H19N7/c1-17(2)10-14-8(13-9(15-10)16-11)12-6-5-7-3-4-7/h7H,3-6,11H2,1-2H3,(H2,12,13,14,15,16). The first-order valence-corrected chi connectivity index (χ1v) is 5.83. The van der Waals surface area contributed by atoms with E-state index in [1.807, 2.05) is 19.0 Å². The zero-order valence-electron chi connectivity index (χ0n) is 10.3. The highest BCUT2D eigenvalue weighted by Crippen LogP contribution is 2.31. The number of anilines is 3. The Labute approximate surface area is 101 Å². The van der Waals surface area contributed by atoms with Crippen molar-refractivity contribution in [2.75, 3.05) is 36.3 Å². The topological polar surface area (TPSA) is 92.0 Å². The van der Waals surface area contributed by atoms with Crippen LogP contribution in [0.15, 0.2) is 0 Å². The molecule has 0 radical (unpaired) electrons. The fraction of sp³-hybridized carbons (Fsp3) is 0.700. The van der Waals surface area contributed by atoms with Crippen molar-refractivity contribution >= 4 is 17.8 Å². The number of rotatable bonds is 6. The maximum absolute atomic E-state index is 5.33. The van der Waals surface area contributed by atoms with Crippen molar-refractivity contribution in [1.82, 2.24) is 15.0 Å². The summed E-state index contributed by atoms with van der Waals surface area (Å²) in [7, 11) is 3.76. The summed E-state index contributed by atoms with van der Waals surface area (Å²) < 4.78 is 0. The quantitative estimate of drug-likeness (QED) is 0.488. The molecular weight excluding hydrogens is 218 g/mol. The molecule has 0 unspecified atom stereocenters. The molecule has 94 valence electrons. The molecular formula is C10H19N7. The van der Waals surface area contributed by atoms with Gasteiger partial charge in [0, 0.05) is 20.6 Å². The third kappa shape index (κ3) is 3.42. The largest absolute Gasteiger partial charge is 0.354 e. The average molecular weight is 237 g/mol. The van der Waals surface area contributed by atoms with Crippen molar-refractivity contribution in [3.8, 4) is 0 Å². The van der Waals surface area contributed by atoms with Crippen LogP contribution in [0.25, 0.3) is 0 Å². The Morgan fingerprint density at radius 2 is 1.94 bits per heavy atom. The summed E-state index contributed by atoms with van der Waals surface area (Å²) in [5.41, 5.74) is 2.45. The number of hydrazine groups is 1. The molecule has 2 rings (SSSR count). The van der Waals surface area contributed by atoms with E-state index in [-0.39, 0.29) is 0 Å². The van der Waals surface area contributed by atoms with Crippen LogP contribution in [0.5, 0.6) is 0 Å². The van der Waals surface area contributed by atoms with Crippen LogP contribution in [0, 0.1) is 5.92 Å². The van der Waals surface area contributed by atoms with Crippen molar-refractivity contribution in [2.45, 2.75) is 19.3 Å². The van der Waals surface area contributed by atoms with E-state index >= 15 is 0 Å². The minimum atomic E-state index is 0.373. The first kappa shape index (κ1) is 11.8. The Hall–Kier alpha value is -1.63. The number of hydrogen-bond acceptors (Lipinski definition) is 7. The Bertz CT molecular complexity index is 375. The van der Waals surface area contributed by atoms with E-state index in [0.29, 0.717) is 17.8 Å². The monoisotopic (exact) mass is 237 g/mol. The SMILES string of the molecule is CN(C)c1nc(NN)nc(NCCC2CC2)n1. The third-order valence-electron chi connectivity index (χ3n) is 2.69. The van der Waals surface area contributed by atoms with E-state index in [1.54, 1.807) is 0 Å². The summed E-state index contributed by atoms with van der Waals surface area (Å²) in [6.07, 6.45) is 3.89. The molecule has 0 aromatic carbocycles. The van der Waals surface area contributed by atoms with E-state index in [0.717, 1.165) is 12.5 Å². The van der Waals surface area contributed by atoms with Crippen LogP contribution in [0.2, 0.25) is 0 Å². The molecule has 1 aromatic rings. The molecule has 1 aliphatic rings. The van der Waals surface area contributed by atoms with Gasteiger partial charge in [-0.3, -0.25) is 5.43 Å². The lowest BCUT2D eigenvalue weighted by Gasteiger charge is -2.13. The summed E-state index contributed by atoms with van der Waals surface area (Å²) in [5.74, 6) is 7.74. The molecule has 1 fully saturated rings. The Kier molecular flexibility index (Phi) is 3.58. The molecule has 7 heteroatoms. The predicted octanol–water partition coefficient (Wildman–Crippen LogP) is 0.435. The van der Waals surface area contributed by atoms with Gasteiger partial charge in [0.2, 0.25) is 17.8 Å². The van der Waals surface area contributed by atoms with Gasteiger partial charge in [0.15, 0.2) is 0 Å². The minimum Gasteiger partial charge on any atom is -0.354 e. The van der Waals surface area contributed by atoms with Crippen molar-refractivity contribution in [2.24, 2.45) is 11.8 Å². The summed E-state index contributed by atoms with van der Waals surface area (Å²) in [5, 5.41) is 3.20. The molecule has 0 amide bonds.